The summed E-state index contributed by atoms with van der Waals surface area (Å²) in [6.07, 6.45) is 0. The van der Waals surface area contributed by atoms with Gasteiger partial charge < -0.3 is 0 Å². The molecule has 0 radical (unpaired) electrons. The molecule has 1 aromatic rings. The second-order valence-electron chi connectivity index (χ2n) is 1.22. The normalized spacial score (nSPS) is 7.62. The van der Waals surface area contributed by atoms with Gasteiger partial charge in [0.05, 0.1) is 0 Å². The molecule has 0 aliphatic heterocycles. The van der Waals surface area contributed by atoms with Crippen molar-refractivity contribution in [1.82, 2.24) is 0 Å². The van der Waals surface area contributed by atoms with Crippen molar-refractivity contribution in [3.8, 4) is 0 Å². The first-order valence-electron chi connectivity index (χ1n) is 2.01. The van der Waals surface area contributed by atoms with Crippen LogP contribution in [0.4, 0.5) is 0 Å². The summed E-state index contributed by atoms with van der Waals surface area (Å²) < 4.78 is 0. The van der Waals surface area contributed by atoms with Crippen LogP contribution in [0.25, 0.3) is 0 Å². The summed E-state index contributed by atoms with van der Waals surface area (Å²) in [6.45, 7) is 0. The van der Waals surface area contributed by atoms with Crippen molar-refractivity contribution in [3.05, 3.63) is 35.4 Å². The van der Waals surface area contributed by atoms with Crippen LogP contribution >= 0.6 is 11.6 Å². The number of benzene rings is 1. The molecular weight excluding hydrogens is 346 g/mol. The zero-order valence-corrected chi connectivity index (χ0v) is 9.11. The van der Waals surface area contributed by atoms with Crippen LogP contribution in [0, 0.1) is 37.2 Å². The van der Waals surface area contributed by atoms with E-state index in [1.807, 2.05) is 0 Å². The molecule has 8 heavy (non-hydrogen) atoms. The zero-order valence-electron chi connectivity index (χ0n) is 4.19. The Kier molecular flexibility index (Phi) is 4.75. The second-order valence-corrected chi connectivity index (χ2v) is 1.65. The summed E-state index contributed by atoms with van der Waals surface area (Å²) in [5.74, 6) is 0. The van der Waals surface area contributed by atoms with Crippen LogP contribution in [0.2, 0.25) is 5.02 Å². The van der Waals surface area contributed by atoms with Crippen LogP contribution in [0.15, 0.2) is 24.3 Å². The van der Waals surface area contributed by atoms with Gasteiger partial charge in [0.15, 0.2) is 0 Å². The molecule has 0 spiro atoms. The van der Waals surface area contributed by atoms with Crippen LogP contribution in [-0.4, -0.2) is 0 Å². The smallest absolute Gasteiger partial charge is 0 e. The van der Waals surface area contributed by atoms with Crippen LogP contribution in [0.5, 0.6) is 0 Å². The summed E-state index contributed by atoms with van der Waals surface area (Å²) in [5, 5.41) is 0.763. The van der Waals surface area contributed by atoms with Crippen molar-refractivity contribution in [2.75, 3.05) is 0 Å². The number of halogens is 1. The third-order valence-electron chi connectivity index (χ3n) is 0.678. The van der Waals surface area contributed by atoms with E-state index >= 15 is 0 Å². The van der Waals surface area contributed by atoms with Crippen molar-refractivity contribution < 1.29 is 31.1 Å². The van der Waals surface area contributed by atoms with Gasteiger partial charge in [-0.3, -0.25) is 0 Å². The topological polar surface area (TPSA) is 0 Å². The van der Waals surface area contributed by atoms with E-state index in [1.165, 1.54) is 0 Å². The van der Waals surface area contributed by atoms with Gasteiger partial charge in [-0.2, -0.15) is 30.3 Å². The number of hydrogen-bond acceptors (Lipinski definition) is 0. The Hall–Kier alpha value is 0.562. The van der Waals surface area contributed by atoms with E-state index in [0.717, 1.165) is 5.02 Å². The minimum atomic E-state index is 0. The number of rotatable bonds is 0. The molecule has 0 bridgehead atoms. The monoisotopic (exact) mass is 349 g/mol. The van der Waals surface area contributed by atoms with Gasteiger partial charge in [-0.15, -0.1) is 11.6 Å². The van der Waals surface area contributed by atoms with E-state index in [0.29, 0.717) is 0 Å². The minimum Gasteiger partial charge on any atom is -0.184 e. The summed E-state index contributed by atoms with van der Waals surface area (Å²) >= 11 is 5.52. The molecule has 40 valence electrons. The van der Waals surface area contributed by atoms with Crippen molar-refractivity contribution in [2.45, 2.75) is 0 Å². The largest absolute Gasteiger partial charge is 0.184 e. The molecular formula is C6H4ClU-. The molecule has 0 aliphatic rings. The molecule has 0 fully saturated rings. The van der Waals surface area contributed by atoms with E-state index < -0.39 is 0 Å². The van der Waals surface area contributed by atoms with Crippen molar-refractivity contribution >= 4 is 11.6 Å². The van der Waals surface area contributed by atoms with Gasteiger partial charge in [0.1, 0.15) is 0 Å². The SMILES string of the molecule is Clc1cc[c-]cc1.[U]. The first-order valence-corrected chi connectivity index (χ1v) is 2.39. The average Bonchev–Trinajstić information content (AvgIpc) is 1.69. The predicted octanol–water partition coefficient (Wildman–Crippen LogP) is 2.14. The van der Waals surface area contributed by atoms with E-state index in [-0.39, 0.29) is 31.1 Å². The molecule has 1 aromatic carbocycles. The molecule has 0 nitrogen and oxygen atoms in total. The molecule has 0 N–H and O–H groups in total. The second kappa shape index (κ2) is 4.44. The van der Waals surface area contributed by atoms with Crippen molar-refractivity contribution in [1.29, 1.82) is 0 Å². The standard InChI is InChI=1S/C6H4Cl.U/c7-6-4-2-1-3-5-6;/h2-5H;/q-1;. The minimum absolute atomic E-state index is 0. The molecule has 0 saturated heterocycles. The summed E-state index contributed by atoms with van der Waals surface area (Å²) in [6, 6.07) is 10.00. The van der Waals surface area contributed by atoms with Crippen LogP contribution in [-0.2, 0) is 0 Å². The molecule has 0 aromatic heterocycles. The third-order valence-corrected chi connectivity index (χ3v) is 0.930. The Labute approximate surface area is 77.6 Å². The van der Waals surface area contributed by atoms with Gasteiger partial charge >= 0.3 is 0 Å². The van der Waals surface area contributed by atoms with Crippen molar-refractivity contribution in [2.24, 2.45) is 0 Å². The number of hydrogen-bond donors (Lipinski definition) is 0. The molecule has 0 saturated carbocycles. The molecule has 0 unspecified atom stereocenters. The molecule has 0 atom stereocenters. The molecule has 2 heteroatoms. The summed E-state index contributed by atoms with van der Waals surface area (Å²) in [4.78, 5) is 0. The summed E-state index contributed by atoms with van der Waals surface area (Å²) in [7, 11) is 0. The van der Waals surface area contributed by atoms with Gasteiger partial charge in [-0.25, -0.2) is 0 Å². The van der Waals surface area contributed by atoms with E-state index in [9.17, 15) is 0 Å². The van der Waals surface area contributed by atoms with Crippen LogP contribution in [0.1, 0.15) is 0 Å². The van der Waals surface area contributed by atoms with E-state index in [1.54, 1.807) is 24.3 Å². The van der Waals surface area contributed by atoms with E-state index in [4.69, 9.17) is 11.6 Å². The van der Waals surface area contributed by atoms with Crippen LogP contribution < -0.4 is 0 Å². The van der Waals surface area contributed by atoms with E-state index in [2.05, 4.69) is 6.07 Å². The Balaban J connectivity index is 0.000000490. The Morgan fingerprint density at radius 2 is 1.75 bits per heavy atom. The average molecular weight is 350 g/mol. The maximum Gasteiger partial charge on any atom is 0 e. The van der Waals surface area contributed by atoms with Gasteiger partial charge in [-0.1, -0.05) is 5.02 Å². The fourth-order valence-corrected chi connectivity index (χ4v) is 0.493. The molecule has 1 rings (SSSR count). The van der Waals surface area contributed by atoms with Gasteiger partial charge in [-0.05, 0) is 0 Å². The van der Waals surface area contributed by atoms with Crippen LogP contribution in [0.3, 0.4) is 0 Å². The zero-order chi connectivity index (χ0) is 5.11. The maximum atomic E-state index is 5.52. The fourth-order valence-electron chi connectivity index (χ4n) is 0.367. The third kappa shape index (κ3) is 2.77. The quantitative estimate of drug-likeness (QED) is 0.630. The Bertz CT molecular complexity index is 138. The predicted molar refractivity (Wildman–Crippen MR) is 30.3 cm³/mol. The Morgan fingerprint density at radius 1 is 1.25 bits per heavy atom. The molecule has 0 aliphatic carbocycles. The molecule has 0 amide bonds. The fraction of sp³-hybridized carbons (Fsp3) is 0. The summed E-state index contributed by atoms with van der Waals surface area (Å²) in [5.41, 5.74) is 0. The van der Waals surface area contributed by atoms with Crippen molar-refractivity contribution in [3.63, 3.8) is 0 Å². The first-order chi connectivity index (χ1) is 3.39. The van der Waals surface area contributed by atoms with Gasteiger partial charge in [0.25, 0.3) is 0 Å². The maximum absolute atomic E-state index is 5.52. The molecule has 0 heterocycles. The Morgan fingerprint density at radius 3 is 2.00 bits per heavy atom. The van der Waals surface area contributed by atoms with Gasteiger partial charge in [0.2, 0.25) is 0 Å². The first kappa shape index (κ1) is 8.56. The van der Waals surface area contributed by atoms with Gasteiger partial charge in [0, 0.05) is 31.1 Å².